The molecule has 0 aromatic heterocycles. The van der Waals surface area contributed by atoms with Crippen LogP contribution in [-0.2, 0) is 4.74 Å². The van der Waals surface area contributed by atoms with E-state index in [-0.39, 0.29) is 5.60 Å². The SMILES string of the molecule is CC1CCCC(CNC(C)C)(OC(C)C(C)C)C1. The molecule has 3 atom stereocenters. The molecule has 1 N–H and O–H groups in total. The molecule has 0 radical (unpaired) electrons. The maximum atomic E-state index is 6.50. The highest BCUT2D eigenvalue weighted by Crippen LogP contribution is 2.36. The molecule has 2 nitrogen and oxygen atoms in total. The third-order valence-electron chi connectivity index (χ3n) is 4.26. The molecule has 0 heterocycles. The Kier molecular flexibility index (Phi) is 6.13. The Balaban J connectivity index is 2.66. The van der Waals surface area contributed by atoms with Crippen LogP contribution < -0.4 is 5.32 Å². The Morgan fingerprint density at radius 3 is 2.39 bits per heavy atom. The van der Waals surface area contributed by atoms with Gasteiger partial charge in [0, 0.05) is 12.6 Å². The van der Waals surface area contributed by atoms with Gasteiger partial charge in [0.05, 0.1) is 11.7 Å². The average Bonchev–Trinajstić information content (AvgIpc) is 2.26. The molecule has 3 unspecified atom stereocenters. The zero-order valence-electron chi connectivity index (χ0n) is 13.3. The van der Waals surface area contributed by atoms with Gasteiger partial charge in [0.15, 0.2) is 0 Å². The van der Waals surface area contributed by atoms with Crippen LogP contribution in [0.3, 0.4) is 0 Å². The minimum Gasteiger partial charge on any atom is -0.370 e. The van der Waals surface area contributed by atoms with Crippen LogP contribution in [0.25, 0.3) is 0 Å². The third kappa shape index (κ3) is 4.89. The van der Waals surface area contributed by atoms with Gasteiger partial charge in [0.2, 0.25) is 0 Å². The summed E-state index contributed by atoms with van der Waals surface area (Å²) >= 11 is 0. The van der Waals surface area contributed by atoms with Gasteiger partial charge in [0.25, 0.3) is 0 Å². The second kappa shape index (κ2) is 6.91. The molecule has 1 aliphatic rings. The molecule has 0 aromatic carbocycles. The molecule has 0 spiro atoms. The van der Waals surface area contributed by atoms with Crippen LogP contribution in [0.1, 0.15) is 67.2 Å². The lowest BCUT2D eigenvalue weighted by Crippen LogP contribution is -2.50. The molecule has 1 fully saturated rings. The normalized spacial score (nSPS) is 31.0. The zero-order valence-corrected chi connectivity index (χ0v) is 13.3. The minimum absolute atomic E-state index is 0.0750. The van der Waals surface area contributed by atoms with Gasteiger partial charge in [-0.2, -0.15) is 0 Å². The highest BCUT2D eigenvalue weighted by atomic mass is 16.5. The summed E-state index contributed by atoms with van der Waals surface area (Å²) < 4.78 is 6.50. The Morgan fingerprint density at radius 1 is 1.22 bits per heavy atom. The molecule has 1 aliphatic carbocycles. The maximum absolute atomic E-state index is 6.50. The summed E-state index contributed by atoms with van der Waals surface area (Å²) in [6, 6.07) is 0.539. The van der Waals surface area contributed by atoms with E-state index >= 15 is 0 Å². The van der Waals surface area contributed by atoms with Gasteiger partial charge in [-0.25, -0.2) is 0 Å². The van der Waals surface area contributed by atoms with Crippen LogP contribution in [0, 0.1) is 11.8 Å². The lowest BCUT2D eigenvalue weighted by molar-refractivity contribution is -0.128. The van der Waals surface area contributed by atoms with Crippen molar-refractivity contribution in [3.63, 3.8) is 0 Å². The summed E-state index contributed by atoms with van der Waals surface area (Å²) in [6.07, 6.45) is 5.45. The van der Waals surface area contributed by atoms with Crippen molar-refractivity contribution in [1.29, 1.82) is 0 Å². The van der Waals surface area contributed by atoms with Crippen LogP contribution in [0.5, 0.6) is 0 Å². The molecule has 0 aliphatic heterocycles. The van der Waals surface area contributed by atoms with E-state index in [9.17, 15) is 0 Å². The summed E-state index contributed by atoms with van der Waals surface area (Å²) in [6.45, 7) is 14.5. The monoisotopic (exact) mass is 255 g/mol. The summed E-state index contributed by atoms with van der Waals surface area (Å²) in [5.74, 6) is 1.39. The van der Waals surface area contributed by atoms with Crippen molar-refractivity contribution in [1.82, 2.24) is 5.32 Å². The minimum atomic E-state index is 0.0750. The molecule has 0 amide bonds. The van der Waals surface area contributed by atoms with Gasteiger partial charge in [0.1, 0.15) is 0 Å². The largest absolute Gasteiger partial charge is 0.370 e. The number of nitrogens with one attached hydrogen (secondary N) is 1. The van der Waals surface area contributed by atoms with E-state index in [0.29, 0.717) is 18.1 Å². The molecular formula is C16H33NO. The van der Waals surface area contributed by atoms with E-state index in [0.717, 1.165) is 12.5 Å². The Hall–Kier alpha value is -0.0800. The summed E-state index contributed by atoms with van der Waals surface area (Å²) in [7, 11) is 0. The molecule has 1 saturated carbocycles. The molecule has 2 heteroatoms. The van der Waals surface area contributed by atoms with Crippen molar-refractivity contribution in [3.05, 3.63) is 0 Å². The standard InChI is InChI=1S/C16H33NO/c1-12(2)15(6)18-16(11-17-13(3)4)9-7-8-14(5)10-16/h12-15,17H,7-11H2,1-6H3. The molecule has 18 heavy (non-hydrogen) atoms. The summed E-state index contributed by atoms with van der Waals surface area (Å²) in [4.78, 5) is 0. The number of ether oxygens (including phenoxy) is 1. The van der Waals surface area contributed by atoms with Gasteiger partial charge >= 0.3 is 0 Å². The molecule has 0 bridgehead atoms. The van der Waals surface area contributed by atoms with Gasteiger partial charge in [-0.1, -0.05) is 47.5 Å². The molecular weight excluding hydrogens is 222 g/mol. The second-order valence-electron chi connectivity index (χ2n) is 6.99. The van der Waals surface area contributed by atoms with Crippen LogP contribution in [0.15, 0.2) is 0 Å². The van der Waals surface area contributed by atoms with Gasteiger partial charge < -0.3 is 10.1 Å². The van der Waals surface area contributed by atoms with Crippen molar-refractivity contribution >= 4 is 0 Å². The van der Waals surface area contributed by atoms with E-state index < -0.39 is 0 Å². The van der Waals surface area contributed by atoms with Crippen molar-refractivity contribution in [2.75, 3.05) is 6.54 Å². The fourth-order valence-electron chi connectivity index (χ4n) is 2.84. The Labute approximate surface area is 114 Å². The van der Waals surface area contributed by atoms with Gasteiger partial charge in [-0.3, -0.25) is 0 Å². The van der Waals surface area contributed by atoms with E-state index in [1.54, 1.807) is 0 Å². The fourth-order valence-corrected chi connectivity index (χ4v) is 2.84. The highest BCUT2D eigenvalue weighted by Gasteiger charge is 2.37. The quantitative estimate of drug-likeness (QED) is 0.774. The molecule has 0 aromatic rings. The molecule has 0 saturated heterocycles. The first-order valence-corrected chi connectivity index (χ1v) is 7.76. The predicted octanol–water partition coefficient (Wildman–Crippen LogP) is 3.99. The van der Waals surface area contributed by atoms with E-state index in [1.165, 1.54) is 25.7 Å². The second-order valence-corrected chi connectivity index (χ2v) is 6.99. The van der Waals surface area contributed by atoms with Crippen LogP contribution in [0.4, 0.5) is 0 Å². The number of rotatable bonds is 6. The summed E-state index contributed by atoms with van der Waals surface area (Å²) in [5, 5.41) is 3.60. The van der Waals surface area contributed by atoms with Crippen LogP contribution >= 0.6 is 0 Å². The first-order chi connectivity index (χ1) is 8.34. The van der Waals surface area contributed by atoms with E-state index in [1.807, 2.05) is 0 Å². The first kappa shape index (κ1) is 16.0. The summed E-state index contributed by atoms with van der Waals surface area (Å²) in [5.41, 5.74) is 0.0750. The Morgan fingerprint density at radius 2 is 1.89 bits per heavy atom. The van der Waals surface area contributed by atoms with Gasteiger partial charge in [-0.15, -0.1) is 0 Å². The smallest absolute Gasteiger partial charge is 0.0812 e. The van der Waals surface area contributed by atoms with Gasteiger partial charge in [-0.05, 0) is 31.6 Å². The third-order valence-corrected chi connectivity index (χ3v) is 4.26. The number of hydrogen-bond donors (Lipinski definition) is 1. The lowest BCUT2D eigenvalue weighted by atomic mass is 9.78. The molecule has 108 valence electrons. The van der Waals surface area contributed by atoms with Crippen LogP contribution in [0.2, 0.25) is 0 Å². The van der Waals surface area contributed by atoms with Crippen LogP contribution in [-0.4, -0.2) is 24.3 Å². The van der Waals surface area contributed by atoms with Crippen molar-refractivity contribution < 1.29 is 4.74 Å². The first-order valence-electron chi connectivity index (χ1n) is 7.76. The van der Waals surface area contributed by atoms with Crippen molar-refractivity contribution in [2.45, 2.75) is 85.0 Å². The fraction of sp³-hybridized carbons (Fsp3) is 1.00. The maximum Gasteiger partial charge on any atom is 0.0812 e. The number of hydrogen-bond acceptors (Lipinski definition) is 2. The zero-order chi connectivity index (χ0) is 13.8. The average molecular weight is 255 g/mol. The molecule has 1 rings (SSSR count). The Bertz CT molecular complexity index is 239. The van der Waals surface area contributed by atoms with Crippen molar-refractivity contribution in [2.24, 2.45) is 11.8 Å². The topological polar surface area (TPSA) is 21.3 Å². The predicted molar refractivity (Wildman–Crippen MR) is 78.9 cm³/mol. The highest BCUT2D eigenvalue weighted by molar-refractivity contribution is 4.90. The van der Waals surface area contributed by atoms with E-state index in [2.05, 4.69) is 46.9 Å². The van der Waals surface area contributed by atoms with E-state index in [4.69, 9.17) is 4.74 Å². The lowest BCUT2D eigenvalue weighted by Gasteiger charge is -2.43. The van der Waals surface area contributed by atoms with Crippen molar-refractivity contribution in [3.8, 4) is 0 Å².